The second kappa shape index (κ2) is 7.68. The number of nitrogens with one attached hydrogen (secondary N) is 2. The zero-order chi connectivity index (χ0) is 16.8. The molecule has 1 aliphatic heterocycles. The predicted octanol–water partition coefficient (Wildman–Crippen LogP) is 1.58. The van der Waals surface area contributed by atoms with Crippen LogP contribution in [0.3, 0.4) is 0 Å². The third-order valence-corrected chi connectivity index (χ3v) is 4.06. The number of para-hydroxylation sites is 1. The summed E-state index contributed by atoms with van der Waals surface area (Å²) >= 11 is 0. The molecular formula is C18H22N4O2. The van der Waals surface area contributed by atoms with E-state index in [9.17, 15) is 4.79 Å². The molecule has 6 nitrogen and oxygen atoms in total. The van der Waals surface area contributed by atoms with Gasteiger partial charge in [0, 0.05) is 32.2 Å². The van der Waals surface area contributed by atoms with E-state index in [1.54, 1.807) is 13.3 Å². The molecule has 0 atom stereocenters. The van der Waals surface area contributed by atoms with Gasteiger partial charge in [-0.2, -0.15) is 0 Å². The highest BCUT2D eigenvalue weighted by molar-refractivity contribution is 5.98. The van der Waals surface area contributed by atoms with Gasteiger partial charge in [0.25, 0.3) is 0 Å². The Kier molecular flexibility index (Phi) is 5.15. The fourth-order valence-corrected chi connectivity index (χ4v) is 2.83. The van der Waals surface area contributed by atoms with Crippen LogP contribution in [0, 0.1) is 0 Å². The summed E-state index contributed by atoms with van der Waals surface area (Å²) in [7, 11) is 1.69. The maximum atomic E-state index is 12.5. The van der Waals surface area contributed by atoms with Crippen LogP contribution >= 0.6 is 0 Å². The minimum Gasteiger partial charge on any atom is -0.469 e. The Balaban J connectivity index is 1.46. The molecule has 0 aliphatic carbocycles. The SMILES string of the molecule is CN=C(NCCc1ccco1)NCC(=O)N1CCc2ccccc21. The zero-order valence-corrected chi connectivity index (χ0v) is 13.8. The third kappa shape index (κ3) is 3.76. The van der Waals surface area contributed by atoms with Gasteiger partial charge in [-0.3, -0.25) is 9.79 Å². The van der Waals surface area contributed by atoms with Crippen LogP contribution in [0.1, 0.15) is 11.3 Å². The number of furan rings is 1. The molecule has 126 valence electrons. The first kappa shape index (κ1) is 16.1. The molecule has 1 amide bonds. The van der Waals surface area contributed by atoms with Gasteiger partial charge in [-0.1, -0.05) is 18.2 Å². The summed E-state index contributed by atoms with van der Waals surface area (Å²) in [6, 6.07) is 11.9. The summed E-state index contributed by atoms with van der Waals surface area (Å²) in [5, 5.41) is 6.25. The number of aliphatic imine (C=N–C) groups is 1. The number of hydrogen-bond acceptors (Lipinski definition) is 3. The summed E-state index contributed by atoms with van der Waals surface area (Å²) in [5.41, 5.74) is 2.25. The molecule has 0 spiro atoms. The molecule has 2 heterocycles. The lowest BCUT2D eigenvalue weighted by atomic mass is 10.2. The first-order chi connectivity index (χ1) is 11.8. The molecule has 0 saturated heterocycles. The molecule has 0 fully saturated rings. The lowest BCUT2D eigenvalue weighted by molar-refractivity contribution is -0.117. The topological polar surface area (TPSA) is 69.9 Å². The first-order valence-corrected chi connectivity index (χ1v) is 8.13. The van der Waals surface area contributed by atoms with Gasteiger partial charge in [0.2, 0.25) is 5.91 Å². The van der Waals surface area contributed by atoms with Crippen LogP contribution in [-0.2, 0) is 17.6 Å². The summed E-state index contributed by atoms with van der Waals surface area (Å²) in [4.78, 5) is 18.4. The van der Waals surface area contributed by atoms with Crippen molar-refractivity contribution in [3.8, 4) is 0 Å². The van der Waals surface area contributed by atoms with Gasteiger partial charge in [-0.15, -0.1) is 0 Å². The molecule has 2 N–H and O–H groups in total. The Bertz CT molecular complexity index is 710. The number of amides is 1. The number of anilines is 1. The van der Waals surface area contributed by atoms with Gasteiger partial charge < -0.3 is 20.0 Å². The average molecular weight is 326 g/mol. The highest BCUT2D eigenvalue weighted by Gasteiger charge is 2.23. The number of guanidine groups is 1. The van der Waals surface area contributed by atoms with E-state index in [-0.39, 0.29) is 12.5 Å². The van der Waals surface area contributed by atoms with Crippen LogP contribution in [0.25, 0.3) is 0 Å². The number of carbonyl (C=O) groups is 1. The lowest BCUT2D eigenvalue weighted by Gasteiger charge is -2.18. The van der Waals surface area contributed by atoms with Crippen molar-refractivity contribution >= 4 is 17.6 Å². The van der Waals surface area contributed by atoms with Crippen molar-refractivity contribution in [1.29, 1.82) is 0 Å². The Labute approximate surface area is 141 Å². The molecule has 0 saturated carbocycles. The van der Waals surface area contributed by atoms with Crippen molar-refractivity contribution in [1.82, 2.24) is 10.6 Å². The normalized spacial score (nSPS) is 13.7. The largest absolute Gasteiger partial charge is 0.469 e. The quantitative estimate of drug-likeness (QED) is 0.646. The minimum absolute atomic E-state index is 0.0499. The summed E-state index contributed by atoms with van der Waals surface area (Å²) < 4.78 is 5.29. The van der Waals surface area contributed by atoms with Gasteiger partial charge in [0.1, 0.15) is 5.76 Å². The van der Waals surface area contributed by atoms with E-state index in [4.69, 9.17) is 4.42 Å². The minimum atomic E-state index is 0.0499. The number of benzene rings is 1. The Morgan fingerprint density at radius 3 is 2.92 bits per heavy atom. The zero-order valence-electron chi connectivity index (χ0n) is 13.8. The maximum Gasteiger partial charge on any atom is 0.246 e. The molecule has 3 rings (SSSR count). The summed E-state index contributed by atoms with van der Waals surface area (Å²) in [6.07, 6.45) is 3.34. The Morgan fingerprint density at radius 1 is 1.25 bits per heavy atom. The molecule has 0 bridgehead atoms. The molecule has 24 heavy (non-hydrogen) atoms. The molecule has 0 radical (unpaired) electrons. The fraction of sp³-hybridized carbons (Fsp3) is 0.333. The first-order valence-electron chi connectivity index (χ1n) is 8.13. The molecule has 0 unspecified atom stereocenters. The number of carbonyl (C=O) groups excluding carboxylic acids is 1. The maximum absolute atomic E-state index is 12.5. The van der Waals surface area contributed by atoms with Crippen LogP contribution in [0.5, 0.6) is 0 Å². The number of nitrogens with zero attached hydrogens (tertiary/aromatic N) is 2. The van der Waals surface area contributed by atoms with Crippen molar-refractivity contribution in [2.45, 2.75) is 12.8 Å². The lowest BCUT2D eigenvalue weighted by Crippen LogP contribution is -2.44. The number of fused-ring (bicyclic) bond motifs is 1. The standard InChI is InChI=1S/C18H22N4O2/c1-19-18(20-10-8-15-6-4-12-24-15)21-13-17(23)22-11-9-14-5-2-3-7-16(14)22/h2-7,12H,8-11,13H2,1H3,(H2,19,20,21). The summed E-state index contributed by atoms with van der Waals surface area (Å²) in [5.74, 6) is 1.58. The molecule has 1 aromatic heterocycles. The van der Waals surface area contributed by atoms with Crippen LogP contribution < -0.4 is 15.5 Å². The van der Waals surface area contributed by atoms with Gasteiger partial charge >= 0.3 is 0 Å². The highest BCUT2D eigenvalue weighted by Crippen LogP contribution is 2.27. The van der Waals surface area contributed by atoms with Crippen LogP contribution in [0.15, 0.2) is 52.1 Å². The van der Waals surface area contributed by atoms with Crippen molar-refractivity contribution in [2.24, 2.45) is 4.99 Å². The van der Waals surface area contributed by atoms with Crippen molar-refractivity contribution in [3.63, 3.8) is 0 Å². The van der Waals surface area contributed by atoms with E-state index in [2.05, 4.69) is 21.7 Å². The van der Waals surface area contributed by atoms with Crippen molar-refractivity contribution < 1.29 is 9.21 Å². The monoisotopic (exact) mass is 326 g/mol. The highest BCUT2D eigenvalue weighted by atomic mass is 16.3. The Morgan fingerprint density at radius 2 is 2.12 bits per heavy atom. The summed E-state index contributed by atoms with van der Waals surface area (Å²) in [6.45, 7) is 1.65. The van der Waals surface area contributed by atoms with E-state index in [1.165, 1.54) is 5.56 Å². The number of rotatable bonds is 5. The predicted molar refractivity (Wildman–Crippen MR) is 94.3 cm³/mol. The van der Waals surface area contributed by atoms with Crippen LogP contribution in [0.4, 0.5) is 5.69 Å². The average Bonchev–Trinajstić information content (AvgIpc) is 3.27. The van der Waals surface area contributed by atoms with Gasteiger partial charge in [0.15, 0.2) is 5.96 Å². The molecule has 1 aliphatic rings. The van der Waals surface area contributed by atoms with Crippen molar-refractivity contribution in [3.05, 3.63) is 54.0 Å². The number of hydrogen-bond donors (Lipinski definition) is 2. The molecular weight excluding hydrogens is 304 g/mol. The second-order valence-corrected chi connectivity index (χ2v) is 5.61. The fourth-order valence-electron chi connectivity index (χ4n) is 2.83. The van der Waals surface area contributed by atoms with Crippen molar-refractivity contribution in [2.75, 3.05) is 31.6 Å². The molecule has 6 heteroatoms. The van der Waals surface area contributed by atoms with E-state index in [0.717, 1.165) is 30.8 Å². The smallest absolute Gasteiger partial charge is 0.246 e. The third-order valence-electron chi connectivity index (χ3n) is 4.06. The van der Waals surface area contributed by atoms with E-state index in [1.807, 2.05) is 35.2 Å². The van der Waals surface area contributed by atoms with E-state index in [0.29, 0.717) is 12.5 Å². The second-order valence-electron chi connectivity index (χ2n) is 5.61. The van der Waals surface area contributed by atoms with E-state index >= 15 is 0 Å². The molecule has 2 aromatic rings. The van der Waals surface area contributed by atoms with Gasteiger partial charge in [-0.05, 0) is 30.2 Å². The van der Waals surface area contributed by atoms with Crippen LogP contribution in [0.2, 0.25) is 0 Å². The van der Waals surface area contributed by atoms with Gasteiger partial charge in [0.05, 0.1) is 12.8 Å². The molecule has 1 aromatic carbocycles. The van der Waals surface area contributed by atoms with Gasteiger partial charge in [-0.25, -0.2) is 0 Å². The van der Waals surface area contributed by atoms with E-state index < -0.39 is 0 Å². The Hall–Kier alpha value is -2.76. The van der Waals surface area contributed by atoms with Crippen LogP contribution in [-0.4, -0.2) is 38.5 Å².